The van der Waals surface area contributed by atoms with Gasteiger partial charge in [-0.3, -0.25) is 15.6 Å². The molecule has 0 bridgehead atoms. The molecule has 0 saturated carbocycles. The molecule has 2 aromatic rings. The lowest BCUT2D eigenvalue weighted by molar-refractivity contribution is 0.0962. The number of carbonyl (C=O) groups is 1. The van der Waals surface area contributed by atoms with E-state index in [2.05, 4.69) is 53.4 Å². The van der Waals surface area contributed by atoms with Crippen LogP contribution in [0.5, 0.6) is 0 Å². The molecule has 0 saturated heterocycles. The summed E-state index contributed by atoms with van der Waals surface area (Å²) in [5.41, 5.74) is 12.3. The Bertz CT molecular complexity index is 818. The Morgan fingerprint density at radius 3 is 2.36 bits per heavy atom. The van der Waals surface area contributed by atoms with Crippen molar-refractivity contribution in [2.75, 3.05) is 29.1 Å². The van der Waals surface area contributed by atoms with Crippen molar-refractivity contribution >= 4 is 46.4 Å². The van der Waals surface area contributed by atoms with Crippen molar-refractivity contribution in [1.29, 1.82) is 0 Å². The monoisotopic (exact) mass is 424 g/mol. The lowest BCUT2D eigenvalue weighted by atomic mass is 10.1. The number of nitrogen functional groups attached to an aromatic ring is 1. The van der Waals surface area contributed by atoms with Crippen LogP contribution in [0.1, 0.15) is 38.1 Å². The lowest BCUT2D eigenvalue weighted by Crippen LogP contribution is -2.34. The number of hydrazine groups is 1. The van der Waals surface area contributed by atoms with Crippen LogP contribution in [0.4, 0.5) is 17.3 Å². The molecule has 0 aliphatic heterocycles. The average Bonchev–Trinajstić information content (AvgIpc) is 2.59. The molecule has 0 spiro atoms. The maximum atomic E-state index is 12.4. The highest BCUT2D eigenvalue weighted by molar-refractivity contribution is 6.36. The number of rotatable bonds is 8. The molecule has 2 rings (SSSR count). The maximum Gasteiger partial charge on any atom is 0.271 e. The molecule has 0 aliphatic carbocycles. The van der Waals surface area contributed by atoms with E-state index in [0.29, 0.717) is 34.2 Å². The summed E-state index contributed by atoms with van der Waals surface area (Å²) in [5.74, 6) is 1.41. The molecular formula is C19H26Cl2N6O. The molecule has 1 aromatic carbocycles. The zero-order chi connectivity index (χ0) is 20.8. The molecule has 1 aromatic heterocycles. The summed E-state index contributed by atoms with van der Waals surface area (Å²) in [5, 5.41) is 0.706. The summed E-state index contributed by atoms with van der Waals surface area (Å²) in [6, 6.07) is 4.64. The van der Waals surface area contributed by atoms with Crippen molar-refractivity contribution in [3.05, 3.63) is 40.1 Å². The zero-order valence-electron chi connectivity index (χ0n) is 16.5. The Balaban J connectivity index is 2.18. The Kier molecular flexibility index (Phi) is 7.71. The third-order valence-electron chi connectivity index (χ3n) is 3.80. The second-order valence-electron chi connectivity index (χ2n) is 7.36. The Morgan fingerprint density at radius 2 is 1.79 bits per heavy atom. The van der Waals surface area contributed by atoms with Crippen LogP contribution >= 0.6 is 23.2 Å². The fourth-order valence-electron chi connectivity index (χ4n) is 2.72. The van der Waals surface area contributed by atoms with Gasteiger partial charge in [0.05, 0.1) is 10.6 Å². The predicted molar refractivity (Wildman–Crippen MR) is 116 cm³/mol. The van der Waals surface area contributed by atoms with Crippen molar-refractivity contribution in [1.82, 2.24) is 15.4 Å². The highest BCUT2D eigenvalue weighted by Crippen LogP contribution is 2.27. The minimum absolute atomic E-state index is 0.253. The quantitative estimate of drug-likeness (QED) is 0.548. The number of nitrogens with zero attached hydrogens (tertiary/aromatic N) is 3. The number of anilines is 3. The van der Waals surface area contributed by atoms with Gasteiger partial charge in [0, 0.05) is 18.1 Å². The minimum atomic E-state index is -0.428. The van der Waals surface area contributed by atoms with E-state index in [4.69, 9.17) is 28.9 Å². The molecule has 9 heteroatoms. The van der Waals surface area contributed by atoms with Gasteiger partial charge in [-0.25, -0.2) is 9.97 Å². The second-order valence-corrected chi connectivity index (χ2v) is 8.20. The van der Waals surface area contributed by atoms with Crippen molar-refractivity contribution in [3.8, 4) is 0 Å². The van der Waals surface area contributed by atoms with Gasteiger partial charge in [0.1, 0.15) is 12.0 Å². The van der Waals surface area contributed by atoms with E-state index in [1.807, 2.05) is 0 Å². The summed E-state index contributed by atoms with van der Waals surface area (Å²) in [4.78, 5) is 23.0. The van der Waals surface area contributed by atoms with Crippen molar-refractivity contribution in [2.24, 2.45) is 11.8 Å². The number of nitrogens with two attached hydrogens (primary N) is 1. The molecule has 28 heavy (non-hydrogen) atoms. The van der Waals surface area contributed by atoms with Gasteiger partial charge in [-0.05, 0) is 30.0 Å². The molecule has 0 unspecified atom stereocenters. The fourth-order valence-corrected chi connectivity index (χ4v) is 3.22. The molecule has 0 fully saturated rings. The predicted octanol–water partition coefficient (Wildman–Crippen LogP) is 4.24. The lowest BCUT2D eigenvalue weighted by Gasteiger charge is -2.28. The first-order chi connectivity index (χ1) is 13.2. The highest BCUT2D eigenvalue weighted by atomic mass is 35.5. The van der Waals surface area contributed by atoms with Gasteiger partial charge in [0.15, 0.2) is 11.6 Å². The standard InChI is InChI=1S/C19H26Cl2N6O/c1-11(2)8-27(9-12(3)4)18-16(22)17(23-10-24-18)25-26-19(28)14-6-5-13(20)7-15(14)21/h5-7,10-12H,8-9,22H2,1-4H3,(H,26,28)(H,23,24,25). The van der Waals surface area contributed by atoms with Gasteiger partial charge < -0.3 is 10.6 Å². The van der Waals surface area contributed by atoms with E-state index in [1.165, 1.54) is 12.4 Å². The van der Waals surface area contributed by atoms with Gasteiger partial charge in [-0.2, -0.15) is 0 Å². The first-order valence-corrected chi connectivity index (χ1v) is 9.81. The Labute approximate surface area is 175 Å². The van der Waals surface area contributed by atoms with Crippen LogP contribution in [0.3, 0.4) is 0 Å². The first-order valence-electron chi connectivity index (χ1n) is 9.05. The zero-order valence-corrected chi connectivity index (χ0v) is 18.0. The highest BCUT2D eigenvalue weighted by Gasteiger charge is 2.18. The van der Waals surface area contributed by atoms with E-state index in [-0.39, 0.29) is 10.6 Å². The van der Waals surface area contributed by atoms with Gasteiger partial charge in [0.25, 0.3) is 5.91 Å². The maximum absolute atomic E-state index is 12.4. The Hall–Kier alpha value is -2.25. The smallest absolute Gasteiger partial charge is 0.271 e. The number of carbonyl (C=O) groups excluding carboxylic acids is 1. The summed E-state index contributed by atoms with van der Waals surface area (Å²) < 4.78 is 0. The fraction of sp³-hybridized carbons (Fsp3) is 0.421. The van der Waals surface area contributed by atoms with Crippen molar-refractivity contribution in [3.63, 3.8) is 0 Å². The summed E-state index contributed by atoms with van der Waals surface area (Å²) >= 11 is 11.9. The first kappa shape index (κ1) is 22.0. The minimum Gasteiger partial charge on any atom is -0.393 e. The molecule has 7 nitrogen and oxygen atoms in total. The number of nitrogens with one attached hydrogen (secondary N) is 2. The number of benzene rings is 1. The number of hydrogen-bond donors (Lipinski definition) is 3. The van der Waals surface area contributed by atoms with Gasteiger partial charge >= 0.3 is 0 Å². The van der Waals surface area contributed by atoms with Crippen LogP contribution in [-0.2, 0) is 0 Å². The van der Waals surface area contributed by atoms with Crippen LogP contribution in [0.25, 0.3) is 0 Å². The molecule has 4 N–H and O–H groups in total. The summed E-state index contributed by atoms with van der Waals surface area (Å²) in [6.45, 7) is 10.2. The van der Waals surface area contributed by atoms with Gasteiger partial charge in [0.2, 0.25) is 0 Å². The van der Waals surface area contributed by atoms with E-state index in [9.17, 15) is 4.79 Å². The number of amides is 1. The van der Waals surface area contributed by atoms with Crippen LogP contribution in [0.15, 0.2) is 24.5 Å². The molecule has 0 atom stereocenters. The van der Waals surface area contributed by atoms with Crippen molar-refractivity contribution < 1.29 is 4.79 Å². The largest absolute Gasteiger partial charge is 0.393 e. The third-order valence-corrected chi connectivity index (χ3v) is 4.35. The van der Waals surface area contributed by atoms with E-state index >= 15 is 0 Å². The second kappa shape index (κ2) is 9.80. The molecule has 0 aliphatic rings. The number of aromatic nitrogens is 2. The van der Waals surface area contributed by atoms with Crippen LogP contribution in [0, 0.1) is 11.8 Å². The third kappa shape index (κ3) is 5.87. The normalized spacial score (nSPS) is 11.0. The van der Waals surface area contributed by atoms with Gasteiger partial charge in [-0.15, -0.1) is 0 Å². The average molecular weight is 425 g/mol. The number of hydrogen-bond acceptors (Lipinski definition) is 6. The van der Waals surface area contributed by atoms with E-state index in [0.717, 1.165) is 13.1 Å². The van der Waals surface area contributed by atoms with Crippen LogP contribution in [0.2, 0.25) is 10.0 Å². The van der Waals surface area contributed by atoms with Crippen molar-refractivity contribution in [2.45, 2.75) is 27.7 Å². The van der Waals surface area contributed by atoms with Gasteiger partial charge in [-0.1, -0.05) is 50.9 Å². The molecule has 152 valence electrons. The summed E-state index contributed by atoms with van der Waals surface area (Å²) in [6.07, 6.45) is 1.42. The number of halogens is 2. The van der Waals surface area contributed by atoms with Crippen LogP contribution < -0.4 is 21.5 Å². The Morgan fingerprint density at radius 1 is 1.14 bits per heavy atom. The van der Waals surface area contributed by atoms with E-state index < -0.39 is 5.91 Å². The molecular weight excluding hydrogens is 399 g/mol. The van der Waals surface area contributed by atoms with E-state index in [1.54, 1.807) is 12.1 Å². The van der Waals surface area contributed by atoms with Crippen LogP contribution in [-0.4, -0.2) is 29.0 Å². The topological polar surface area (TPSA) is 96.2 Å². The molecule has 0 radical (unpaired) electrons. The summed E-state index contributed by atoms with van der Waals surface area (Å²) in [7, 11) is 0. The molecule has 1 amide bonds. The SMILES string of the molecule is CC(C)CN(CC(C)C)c1ncnc(NNC(=O)c2ccc(Cl)cc2Cl)c1N. The molecule has 1 heterocycles.